The van der Waals surface area contributed by atoms with E-state index in [1.807, 2.05) is 11.6 Å². The molecule has 0 aliphatic heterocycles. The molecule has 0 aromatic carbocycles. The lowest BCUT2D eigenvalue weighted by Crippen LogP contribution is -2.34. The van der Waals surface area contributed by atoms with Crippen LogP contribution in [0.25, 0.3) is 0 Å². The summed E-state index contributed by atoms with van der Waals surface area (Å²) in [6, 6.07) is 0. The van der Waals surface area contributed by atoms with Gasteiger partial charge in [-0.2, -0.15) is 0 Å². The number of hydrogen-bond acceptors (Lipinski definition) is 3. The highest BCUT2D eigenvalue weighted by molar-refractivity contribution is 7.09. The van der Waals surface area contributed by atoms with Gasteiger partial charge in [0.1, 0.15) is 5.78 Å². The summed E-state index contributed by atoms with van der Waals surface area (Å²) in [6.45, 7) is 2.07. The average molecular weight is 181 g/mol. The molecule has 0 N–H and O–H groups in total. The molecule has 1 aliphatic rings. The van der Waals surface area contributed by atoms with Crippen LogP contribution in [0.15, 0.2) is 11.6 Å². The van der Waals surface area contributed by atoms with Crippen LogP contribution in [0.2, 0.25) is 0 Å². The Hall–Kier alpha value is -0.700. The Labute approximate surface area is 75.6 Å². The topological polar surface area (TPSA) is 30.0 Å². The molecule has 12 heavy (non-hydrogen) atoms. The first-order valence-corrected chi connectivity index (χ1v) is 5.13. The molecule has 0 spiro atoms. The molecule has 3 heteroatoms. The summed E-state index contributed by atoms with van der Waals surface area (Å²) in [5.41, 5.74) is 0. The van der Waals surface area contributed by atoms with E-state index in [9.17, 15) is 4.79 Å². The summed E-state index contributed by atoms with van der Waals surface area (Å²) in [5.74, 6) is 1.11. The van der Waals surface area contributed by atoms with E-state index in [0.29, 0.717) is 18.1 Å². The van der Waals surface area contributed by atoms with Crippen molar-refractivity contribution in [2.45, 2.75) is 25.7 Å². The highest BCUT2D eigenvalue weighted by Gasteiger charge is 2.40. The molecule has 2 atom stereocenters. The van der Waals surface area contributed by atoms with E-state index in [0.717, 1.165) is 11.4 Å². The highest BCUT2D eigenvalue weighted by Crippen LogP contribution is 2.41. The van der Waals surface area contributed by atoms with Crippen molar-refractivity contribution in [2.24, 2.45) is 5.92 Å². The van der Waals surface area contributed by atoms with Gasteiger partial charge in [0, 0.05) is 29.8 Å². The lowest BCUT2D eigenvalue weighted by Gasteiger charge is -2.32. The Balaban J connectivity index is 2.13. The zero-order chi connectivity index (χ0) is 8.55. The van der Waals surface area contributed by atoms with Crippen molar-refractivity contribution < 1.29 is 4.79 Å². The quantitative estimate of drug-likeness (QED) is 0.700. The summed E-state index contributed by atoms with van der Waals surface area (Å²) in [7, 11) is 0. The molecule has 0 radical (unpaired) electrons. The molecule has 2 rings (SSSR count). The van der Waals surface area contributed by atoms with Crippen LogP contribution < -0.4 is 0 Å². The van der Waals surface area contributed by atoms with Crippen molar-refractivity contribution in [1.29, 1.82) is 0 Å². The number of ketones is 1. The van der Waals surface area contributed by atoms with Crippen LogP contribution >= 0.6 is 11.3 Å². The van der Waals surface area contributed by atoms with Crippen molar-refractivity contribution in [2.75, 3.05) is 0 Å². The van der Waals surface area contributed by atoms with Crippen LogP contribution in [-0.2, 0) is 4.79 Å². The van der Waals surface area contributed by atoms with Gasteiger partial charge in [-0.25, -0.2) is 4.98 Å². The van der Waals surface area contributed by atoms with Crippen molar-refractivity contribution >= 4 is 17.1 Å². The van der Waals surface area contributed by atoms with Crippen molar-refractivity contribution in [1.82, 2.24) is 4.98 Å². The lowest BCUT2D eigenvalue weighted by atomic mass is 9.71. The van der Waals surface area contributed by atoms with Crippen LogP contribution in [0.4, 0.5) is 0 Å². The third-order valence-electron chi connectivity index (χ3n) is 2.53. The Morgan fingerprint density at radius 3 is 3.08 bits per heavy atom. The largest absolute Gasteiger partial charge is 0.299 e. The predicted molar refractivity (Wildman–Crippen MR) is 48.3 cm³/mol. The van der Waals surface area contributed by atoms with E-state index in [2.05, 4.69) is 11.9 Å². The van der Waals surface area contributed by atoms with Crippen LogP contribution in [-0.4, -0.2) is 10.8 Å². The molecule has 1 heterocycles. The first-order valence-electron chi connectivity index (χ1n) is 4.25. The van der Waals surface area contributed by atoms with Gasteiger partial charge in [-0.15, -0.1) is 11.3 Å². The third-order valence-corrected chi connectivity index (χ3v) is 3.44. The Kier molecular flexibility index (Phi) is 1.97. The normalized spacial score (nSPS) is 28.6. The molecule has 0 amide bonds. The number of carbonyl (C=O) groups is 1. The van der Waals surface area contributed by atoms with E-state index < -0.39 is 0 Å². The molecule has 1 fully saturated rings. The van der Waals surface area contributed by atoms with Crippen LogP contribution in [0.1, 0.15) is 30.7 Å². The molecular formula is C9H11NOS. The van der Waals surface area contributed by atoms with E-state index in [1.54, 1.807) is 11.3 Å². The number of thiazole rings is 1. The van der Waals surface area contributed by atoms with Gasteiger partial charge in [-0.1, -0.05) is 6.92 Å². The second-order valence-corrected chi connectivity index (χ2v) is 4.09. The first kappa shape index (κ1) is 7.92. The Morgan fingerprint density at radius 2 is 2.58 bits per heavy atom. The summed E-state index contributed by atoms with van der Waals surface area (Å²) in [4.78, 5) is 15.4. The summed E-state index contributed by atoms with van der Waals surface area (Å²) >= 11 is 1.66. The number of hydrogen-bond donors (Lipinski definition) is 0. The standard InChI is InChI=1S/C9H11NOS/c1-2-6-7(5-8(6)11)9-10-3-4-12-9/h3-4,6-7H,2,5H2,1H3. The molecule has 1 aromatic heterocycles. The minimum Gasteiger partial charge on any atom is -0.299 e. The number of nitrogens with zero attached hydrogens (tertiary/aromatic N) is 1. The fourth-order valence-electron chi connectivity index (χ4n) is 1.76. The van der Waals surface area contributed by atoms with Crippen molar-refractivity contribution in [3.05, 3.63) is 16.6 Å². The van der Waals surface area contributed by atoms with Gasteiger partial charge < -0.3 is 0 Å². The molecule has 64 valence electrons. The van der Waals surface area contributed by atoms with Gasteiger partial charge in [0.15, 0.2) is 0 Å². The zero-order valence-corrected chi connectivity index (χ0v) is 7.80. The molecule has 1 aliphatic carbocycles. The smallest absolute Gasteiger partial charge is 0.137 e. The summed E-state index contributed by atoms with van der Waals surface area (Å²) in [6.07, 6.45) is 3.49. The molecule has 0 saturated heterocycles. The minimum atomic E-state index is 0.260. The number of rotatable bonds is 2. The van der Waals surface area contributed by atoms with Crippen molar-refractivity contribution in [3.8, 4) is 0 Å². The highest BCUT2D eigenvalue weighted by atomic mass is 32.1. The van der Waals surface area contributed by atoms with E-state index in [1.165, 1.54) is 0 Å². The second-order valence-electron chi connectivity index (χ2n) is 3.16. The van der Waals surface area contributed by atoms with Gasteiger partial charge in [0.25, 0.3) is 0 Å². The average Bonchev–Trinajstić information content (AvgIpc) is 2.52. The lowest BCUT2D eigenvalue weighted by molar-refractivity contribution is -0.131. The van der Waals surface area contributed by atoms with E-state index in [-0.39, 0.29) is 5.92 Å². The maximum absolute atomic E-state index is 11.1. The zero-order valence-electron chi connectivity index (χ0n) is 6.99. The first-order chi connectivity index (χ1) is 5.83. The minimum absolute atomic E-state index is 0.260. The summed E-state index contributed by atoms with van der Waals surface area (Å²) in [5, 5.41) is 3.12. The molecule has 2 nitrogen and oxygen atoms in total. The fraction of sp³-hybridized carbons (Fsp3) is 0.556. The number of Topliss-reactive ketones (excluding diaryl/α,β-unsaturated/α-hetero) is 1. The summed E-state index contributed by atoms with van der Waals surface area (Å²) < 4.78 is 0. The Morgan fingerprint density at radius 1 is 1.75 bits per heavy atom. The van der Waals surface area contributed by atoms with Crippen LogP contribution in [0.5, 0.6) is 0 Å². The monoisotopic (exact) mass is 181 g/mol. The molecule has 1 saturated carbocycles. The molecule has 2 unspecified atom stereocenters. The molecule has 1 aromatic rings. The second kappa shape index (κ2) is 2.98. The fourth-order valence-corrected chi connectivity index (χ4v) is 2.57. The SMILES string of the molecule is CCC1C(=O)CC1c1nccs1. The third kappa shape index (κ3) is 1.08. The number of carbonyl (C=O) groups excluding carboxylic acids is 1. The Bertz CT molecular complexity index is 281. The van der Waals surface area contributed by atoms with E-state index in [4.69, 9.17) is 0 Å². The van der Waals surface area contributed by atoms with Gasteiger partial charge in [0.2, 0.25) is 0 Å². The van der Waals surface area contributed by atoms with Gasteiger partial charge >= 0.3 is 0 Å². The van der Waals surface area contributed by atoms with Crippen molar-refractivity contribution in [3.63, 3.8) is 0 Å². The van der Waals surface area contributed by atoms with E-state index >= 15 is 0 Å². The van der Waals surface area contributed by atoms with Crippen LogP contribution in [0.3, 0.4) is 0 Å². The van der Waals surface area contributed by atoms with Gasteiger partial charge in [-0.05, 0) is 6.42 Å². The maximum Gasteiger partial charge on any atom is 0.137 e. The number of aromatic nitrogens is 1. The van der Waals surface area contributed by atoms with Gasteiger partial charge in [0.05, 0.1) is 5.01 Å². The van der Waals surface area contributed by atoms with Crippen LogP contribution in [0, 0.1) is 5.92 Å². The predicted octanol–water partition coefficient (Wildman–Crippen LogP) is 2.23. The molecular weight excluding hydrogens is 170 g/mol. The molecule has 0 bridgehead atoms. The van der Waals surface area contributed by atoms with Gasteiger partial charge in [-0.3, -0.25) is 4.79 Å². The maximum atomic E-state index is 11.1.